The lowest BCUT2D eigenvalue weighted by Crippen LogP contribution is -2.12. The van der Waals surface area contributed by atoms with E-state index in [0.29, 0.717) is 12.2 Å². The normalized spacial score (nSPS) is 10.9. The van der Waals surface area contributed by atoms with Gasteiger partial charge in [-0.25, -0.2) is 4.98 Å². The van der Waals surface area contributed by atoms with E-state index in [4.69, 9.17) is 4.98 Å². The van der Waals surface area contributed by atoms with Crippen molar-refractivity contribution in [3.8, 4) is 0 Å². The van der Waals surface area contributed by atoms with Crippen molar-refractivity contribution in [2.24, 2.45) is 0 Å². The number of hydrogen-bond acceptors (Lipinski definition) is 3. The number of nitrogens with one attached hydrogen (secondary N) is 1. The van der Waals surface area contributed by atoms with Crippen LogP contribution < -0.4 is 5.32 Å². The Labute approximate surface area is 159 Å². The summed E-state index contributed by atoms with van der Waals surface area (Å²) < 4.78 is 0. The molecule has 1 aromatic heterocycles. The molecule has 0 aliphatic heterocycles. The summed E-state index contributed by atoms with van der Waals surface area (Å²) in [6.45, 7) is 8.27. The maximum absolute atomic E-state index is 12.2. The number of aromatic nitrogens is 1. The van der Waals surface area contributed by atoms with E-state index in [1.54, 1.807) is 11.8 Å². The van der Waals surface area contributed by atoms with Crippen LogP contribution in [0.2, 0.25) is 0 Å². The third-order valence-corrected chi connectivity index (χ3v) is 5.22. The van der Waals surface area contributed by atoms with Crippen molar-refractivity contribution in [3.63, 3.8) is 0 Å². The zero-order valence-electron chi connectivity index (χ0n) is 15.7. The second-order valence-corrected chi connectivity index (χ2v) is 7.89. The average Bonchev–Trinajstić information content (AvgIpc) is 2.55. The SMILES string of the molecule is Cc1cc(C)cc(NC(=O)CCSc2cc(C)c3cccc(C)c3n2)c1. The Kier molecular flexibility index (Phi) is 5.62. The van der Waals surface area contributed by atoms with E-state index in [1.807, 2.05) is 26.0 Å². The number of carbonyl (C=O) groups is 1. The number of para-hydroxylation sites is 1. The molecule has 26 heavy (non-hydrogen) atoms. The number of amides is 1. The summed E-state index contributed by atoms with van der Waals surface area (Å²) >= 11 is 1.63. The molecule has 0 atom stereocenters. The van der Waals surface area contributed by atoms with E-state index in [1.165, 1.54) is 16.5 Å². The lowest BCUT2D eigenvalue weighted by Gasteiger charge is -2.09. The average molecular weight is 365 g/mol. The van der Waals surface area contributed by atoms with Crippen molar-refractivity contribution in [2.75, 3.05) is 11.1 Å². The summed E-state index contributed by atoms with van der Waals surface area (Å²) in [5, 5.41) is 5.16. The third-order valence-electron chi connectivity index (χ3n) is 4.31. The Hall–Kier alpha value is -2.33. The number of fused-ring (bicyclic) bond motifs is 1. The quantitative estimate of drug-likeness (QED) is 0.600. The van der Waals surface area contributed by atoms with Gasteiger partial charge in [-0.3, -0.25) is 4.79 Å². The molecule has 3 aromatic rings. The Morgan fingerprint density at radius 2 is 1.73 bits per heavy atom. The predicted molar refractivity (Wildman–Crippen MR) is 111 cm³/mol. The number of aryl methyl sites for hydroxylation is 4. The van der Waals surface area contributed by atoms with Crippen LogP contribution in [0.25, 0.3) is 10.9 Å². The van der Waals surface area contributed by atoms with E-state index in [-0.39, 0.29) is 5.91 Å². The zero-order chi connectivity index (χ0) is 18.7. The monoisotopic (exact) mass is 364 g/mol. The molecule has 134 valence electrons. The van der Waals surface area contributed by atoms with E-state index >= 15 is 0 Å². The Morgan fingerprint density at radius 3 is 2.46 bits per heavy atom. The molecular formula is C22H24N2OS. The summed E-state index contributed by atoms with van der Waals surface area (Å²) in [6, 6.07) is 14.5. The van der Waals surface area contributed by atoms with Crippen molar-refractivity contribution in [1.82, 2.24) is 4.98 Å². The Balaban J connectivity index is 1.62. The fraction of sp³-hybridized carbons (Fsp3) is 0.273. The fourth-order valence-corrected chi connectivity index (χ4v) is 4.04. The first-order chi connectivity index (χ1) is 12.4. The molecule has 0 saturated heterocycles. The van der Waals surface area contributed by atoms with Crippen LogP contribution in [0.1, 0.15) is 28.7 Å². The van der Waals surface area contributed by atoms with Crippen LogP contribution in [-0.4, -0.2) is 16.6 Å². The highest BCUT2D eigenvalue weighted by atomic mass is 32.2. The first-order valence-corrected chi connectivity index (χ1v) is 9.79. The summed E-state index contributed by atoms with van der Waals surface area (Å²) in [5.74, 6) is 0.747. The molecule has 1 N–H and O–H groups in total. The third kappa shape index (κ3) is 4.44. The molecule has 0 unspecified atom stereocenters. The minimum absolute atomic E-state index is 0.0381. The lowest BCUT2D eigenvalue weighted by molar-refractivity contribution is -0.115. The molecule has 4 heteroatoms. The number of pyridine rings is 1. The van der Waals surface area contributed by atoms with Gasteiger partial charge in [-0.1, -0.05) is 24.3 Å². The second-order valence-electron chi connectivity index (χ2n) is 6.77. The van der Waals surface area contributed by atoms with Gasteiger partial charge in [-0.05, 0) is 68.1 Å². The highest BCUT2D eigenvalue weighted by Crippen LogP contribution is 2.26. The molecule has 1 heterocycles. The van der Waals surface area contributed by atoms with Gasteiger partial charge < -0.3 is 5.32 Å². The first kappa shape index (κ1) is 18.5. The van der Waals surface area contributed by atoms with Crippen LogP contribution >= 0.6 is 11.8 Å². The molecule has 0 aliphatic rings. The van der Waals surface area contributed by atoms with Crippen LogP contribution in [0.15, 0.2) is 47.5 Å². The molecule has 3 rings (SSSR count). The van der Waals surface area contributed by atoms with Crippen LogP contribution in [0.4, 0.5) is 5.69 Å². The van der Waals surface area contributed by atoms with E-state index in [2.05, 4.69) is 49.5 Å². The van der Waals surface area contributed by atoms with Crippen LogP contribution in [0, 0.1) is 27.7 Å². The maximum Gasteiger partial charge on any atom is 0.225 e. The molecule has 0 fully saturated rings. The number of benzene rings is 2. The number of carbonyl (C=O) groups excluding carboxylic acids is 1. The molecule has 0 aliphatic carbocycles. The minimum atomic E-state index is 0.0381. The number of thioether (sulfide) groups is 1. The topological polar surface area (TPSA) is 42.0 Å². The van der Waals surface area contributed by atoms with Gasteiger partial charge >= 0.3 is 0 Å². The predicted octanol–water partition coefficient (Wildman–Crippen LogP) is 5.59. The minimum Gasteiger partial charge on any atom is -0.326 e. The van der Waals surface area contributed by atoms with Crippen LogP contribution in [-0.2, 0) is 4.79 Å². The highest BCUT2D eigenvalue weighted by Gasteiger charge is 2.08. The molecule has 0 spiro atoms. The molecule has 0 saturated carbocycles. The number of hydrogen-bond donors (Lipinski definition) is 1. The Bertz CT molecular complexity index is 946. The standard InChI is InChI=1S/C22H24N2OS/c1-14-10-15(2)12-18(11-14)23-20(25)8-9-26-21-13-17(4)19-7-5-6-16(3)22(19)24-21/h5-7,10-13H,8-9H2,1-4H3,(H,23,25). The zero-order valence-corrected chi connectivity index (χ0v) is 16.5. The maximum atomic E-state index is 12.2. The van der Waals surface area contributed by atoms with E-state index < -0.39 is 0 Å². The Morgan fingerprint density at radius 1 is 1.00 bits per heavy atom. The number of nitrogens with zero attached hydrogens (tertiary/aromatic N) is 1. The molecular weight excluding hydrogens is 340 g/mol. The van der Waals surface area contributed by atoms with Crippen LogP contribution in [0.5, 0.6) is 0 Å². The summed E-state index contributed by atoms with van der Waals surface area (Å²) in [5.41, 5.74) is 6.63. The number of rotatable bonds is 5. The van der Waals surface area contributed by atoms with E-state index in [9.17, 15) is 4.79 Å². The van der Waals surface area contributed by atoms with Gasteiger partial charge in [0.2, 0.25) is 5.91 Å². The van der Waals surface area contributed by atoms with Crippen LogP contribution in [0.3, 0.4) is 0 Å². The lowest BCUT2D eigenvalue weighted by atomic mass is 10.1. The van der Waals surface area contributed by atoms with Crippen molar-refractivity contribution < 1.29 is 4.79 Å². The van der Waals surface area contributed by atoms with Gasteiger partial charge in [-0.15, -0.1) is 11.8 Å². The van der Waals surface area contributed by atoms with Gasteiger partial charge in [0.15, 0.2) is 0 Å². The van der Waals surface area contributed by atoms with Gasteiger partial charge in [0.1, 0.15) is 0 Å². The van der Waals surface area contributed by atoms with E-state index in [0.717, 1.165) is 27.4 Å². The highest BCUT2D eigenvalue weighted by molar-refractivity contribution is 7.99. The second kappa shape index (κ2) is 7.92. The molecule has 2 aromatic carbocycles. The van der Waals surface area contributed by atoms with Gasteiger partial charge in [-0.2, -0.15) is 0 Å². The summed E-state index contributed by atoms with van der Waals surface area (Å²) in [7, 11) is 0. The van der Waals surface area contributed by atoms with Crippen molar-refractivity contribution in [3.05, 3.63) is 64.7 Å². The fourth-order valence-electron chi connectivity index (χ4n) is 3.12. The molecule has 1 amide bonds. The first-order valence-electron chi connectivity index (χ1n) is 8.80. The smallest absolute Gasteiger partial charge is 0.225 e. The van der Waals surface area contributed by atoms with Crippen molar-refractivity contribution in [2.45, 2.75) is 39.1 Å². The summed E-state index contributed by atoms with van der Waals surface area (Å²) in [4.78, 5) is 17.0. The summed E-state index contributed by atoms with van der Waals surface area (Å²) in [6.07, 6.45) is 0.462. The molecule has 0 bridgehead atoms. The molecule has 0 radical (unpaired) electrons. The molecule has 3 nitrogen and oxygen atoms in total. The largest absolute Gasteiger partial charge is 0.326 e. The van der Waals surface area contributed by atoms with Gasteiger partial charge in [0, 0.05) is 23.2 Å². The van der Waals surface area contributed by atoms with Crippen molar-refractivity contribution in [1.29, 1.82) is 0 Å². The number of anilines is 1. The van der Waals surface area contributed by atoms with Gasteiger partial charge in [0.05, 0.1) is 10.5 Å². The van der Waals surface area contributed by atoms with Crippen molar-refractivity contribution >= 4 is 34.3 Å². The van der Waals surface area contributed by atoms with Gasteiger partial charge in [0.25, 0.3) is 0 Å².